The highest BCUT2D eigenvalue weighted by Gasteiger charge is 2.13. The van der Waals surface area contributed by atoms with Crippen molar-refractivity contribution < 1.29 is 14.6 Å². The number of ether oxygens (including phenoxy) is 1. The summed E-state index contributed by atoms with van der Waals surface area (Å²) < 4.78 is 5.97. The van der Waals surface area contributed by atoms with E-state index in [1.165, 1.54) is 0 Å². The Morgan fingerprint density at radius 3 is 2.33 bits per heavy atom. The molecule has 4 rings (SSSR count). The highest BCUT2D eigenvalue weighted by molar-refractivity contribution is 5.92. The fourth-order valence-corrected chi connectivity index (χ4v) is 3.20. The van der Waals surface area contributed by atoms with Gasteiger partial charge in [0.05, 0.1) is 0 Å². The number of benzene rings is 4. The maximum Gasteiger partial charge on any atom is 0.339 e. The molecular weight excluding hydrogens is 336 g/mol. The van der Waals surface area contributed by atoms with Crippen molar-refractivity contribution in [2.75, 3.05) is 0 Å². The largest absolute Gasteiger partial charge is 0.488 e. The molecule has 132 valence electrons. The second-order valence-electron chi connectivity index (χ2n) is 6.31. The van der Waals surface area contributed by atoms with Crippen LogP contribution in [-0.2, 0) is 6.61 Å². The molecule has 3 heteroatoms. The molecule has 0 fully saturated rings. The van der Waals surface area contributed by atoms with Crippen molar-refractivity contribution in [2.45, 2.75) is 6.61 Å². The van der Waals surface area contributed by atoms with Crippen LogP contribution in [0, 0.1) is 0 Å². The van der Waals surface area contributed by atoms with Crippen molar-refractivity contribution in [3.63, 3.8) is 0 Å². The third-order valence-corrected chi connectivity index (χ3v) is 4.58. The van der Waals surface area contributed by atoms with E-state index < -0.39 is 5.97 Å². The number of rotatable bonds is 5. The van der Waals surface area contributed by atoms with Crippen molar-refractivity contribution in [3.05, 3.63) is 102 Å². The molecule has 4 aromatic rings. The van der Waals surface area contributed by atoms with Crippen LogP contribution < -0.4 is 4.74 Å². The molecule has 0 radical (unpaired) electrons. The molecule has 0 saturated carbocycles. The molecule has 0 heterocycles. The quantitative estimate of drug-likeness (QED) is 0.494. The van der Waals surface area contributed by atoms with Gasteiger partial charge in [-0.3, -0.25) is 0 Å². The van der Waals surface area contributed by atoms with E-state index in [1.54, 1.807) is 12.1 Å². The molecule has 0 unspecified atom stereocenters. The SMILES string of the molecule is O=C(O)c1ccc(-c2ccccc2)cc1OCc1cccc2ccccc12. The first kappa shape index (κ1) is 16.9. The van der Waals surface area contributed by atoms with E-state index in [1.807, 2.05) is 66.7 Å². The van der Waals surface area contributed by atoms with E-state index in [9.17, 15) is 9.90 Å². The van der Waals surface area contributed by atoms with Gasteiger partial charge in [-0.05, 0) is 39.6 Å². The fourth-order valence-electron chi connectivity index (χ4n) is 3.20. The maximum atomic E-state index is 11.6. The molecule has 0 spiro atoms. The number of fused-ring (bicyclic) bond motifs is 1. The zero-order chi connectivity index (χ0) is 18.6. The Hall–Kier alpha value is -3.59. The van der Waals surface area contributed by atoms with Crippen LogP contribution in [0.3, 0.4) is 0 Å². The molecule has 0 aliphatic heterocycles. The maximum absolute atomic E-state index is 11.6. The number of carboxylic acids is 1. The van der Waals surface area contributed by atoms with Crippen molar-refractivity contribution in [3.8, 4) is 16.9 Å². The Morgan fingerprint density at radius 2 is 1.52 bits per heavy atom. The Kier molecular flexibility index (Phi) is 4.58. The first-order chi connectivity index (χ1) is 13.2. The van der Waals surface area contributed by atoms with Crippen LogP contribution in [0.5, 0.6) is 5.75 Å². The molecule has 0 aliphatic carbocycles. The Morgan fingerprint density at radius 1 is 0.778 bits per heavy atom. The van der Waals surface area contributed by atoms with Crippen LogP contribution in [-0.4, -0.2) is 11.1 Å². The van der Waals surface area contributed by atoms with Gasteiger partial charge < -0.3 is 9.84 Å². The summed E-state index contributed by atoms with van der Waals surface area (Å²) in [5.41, 5.74) is 3.13. The van der Waals surface area contributed by atoms with Gasteiger partial charge in [0, 0.05) is 0 Å². The van der Waals surface area contributed by atoms with E-state index >= 15 is 0 Å². The van der Waals surface area contributed by atoms with Crippen LogP contribution in [0.1, 0.15) is 15.9 Å². The first-order valence-corrected chi connectivity index (χ1v) is 8.74. The van der Waals surface area contributed by atoms with Gasteiger partial charge in [0.2, 0.25) is 0 Å². The van der Waals surface area contributed by atoms with Gasteiger partial charge >= 0.3 is 5.97 Å². The monoisotopic (exact) mass is 354 g/mol. The van der Waals surface area contributed by atoms with Gasteiger partial charge in [-0.15, -0.1) is 0 Å². The standard InChI is InChI=1S/C24H18O3/c25-24(26)22-14-13-19(17-7-2-1-3-8-17)15-23(22)27-16-20-11-6-10-18-9-4-5-12-21(18)20/h1-15H,16H2,(H,25,26). The molecule has 0 atom stereocenters. The van der Waals surface area contributed by atoms with Gasteiger partial charge in [0.25, 0.3) is 0 Å². The molecule has 0 bridgehead atoms. The molecule has 0 aliphatic rings. The van der Waals surface area contributed by atoms with E-state index in [0.717, 1.165) is 27.5 Å². The lowest BCUT2D eigenvalue weighted by molar-refractivity contribution is 0.0692. The van der Waals surface area contributed by atoms with E-state index in [2.05, 4.69) is 12.1 Å². The normalized spacial score (nSPS) is 10.7. The second-order valence-corrected chi connectivity index (χ2v) is 6.31. The van der Waals surface area contributed by atoms with Crippen molar-refractivity contribution >= 4 is 16.7 Å². The minimum atomic E-state index is -0.998. The zero-order valence-electron chi connectivity index (χ0n) is 14.6. The Bertz CT molecular complexity index is 1100. The van der Waals surface area contributed by atoms with Crippen molar-refractivity contribution in [2.24, 2.45) is 0 Å². The molecule has 0 amide bonds. The molecule has 27 heavy (non-hydrogen) atoms. The third kappa shape index (κ3) is 3.53. The highest BCUT2D eigenvalue weighted by atomic mass is 16.5. The minimum absolute atomic E-state index is 0.162. The van der Waals surface area contributed by atoms with Crippen molar-refractivity contribution in [1.29, 1.82) is 0 Å². The predicted molar refractivity (Wildman–Crippen MR) is 107 cm³/mol. The Labute approximate surface area is 157 Å². The zero-order valence-corrected chi connectivity index (χ0v) is 14.6. The van der Waals surface area contributed by atoms with Crippen LogP contribution >= 0.6 is 0 Å². The van der Waals surface area contributed by atoms with Gasteiger partial charge in [-0.2, -0.15) is 0 Å². The third-order valence-electron chi connectivity index (χ3n) is 4.58. The number of carboxylic acid groups (broad SMARTS) is 1. The van der Waals surface area contributed by atoms with Crippen molar-refractivity contribution in [1.82, 2.24) is 0 Å². The summed E-state index contributed by atoms with van der Waals surface area (Å²) in [6.07, 6.45) is 0. The summed E-state index contributed by atoms with van der Waals surface area (Å²) in [6.45, 7) is 0.305. The highest BCUT2D eigenvalue weighted by Crippen LogP contribution is 2.29. The second kappa shape index (κ2) is 7.34. The molecule has 4 aromatic carbocycles. The summed E-state index contributed by atoms with van der Waals surface area (Å²) >= 11 is 0. The van der Waals surface area contributed by atoms with Crippen LogP contribution in [0.2, 0.25) is 0 Å². The fraction of sp³-hybridized carbons (Fsp3) is 0.0417. The summed E-state index contributed by atoms with van der Waals surface area (Å²) in [5, 5.41) is 11.8. The summed E-state index contributed by atoms with van der Waals surface area (Å²) in [5.74, 6) is -0.626. The van der Waals surface area contributed by atoms with Crippen LogP contribution in [0.15, 0.2) is 91.0 Å². The minimum Gasteiger partial charge on any atom is -0.488 e. The van der Waals surface area contributed by atoms with Gasteiger partial charge in [0.1, 0.15) is 17.9 Å². The number of hydrogen-bond donors (Lipinski definition) is 1. The van der Waals surface area contributed by atoms with E-state index in [-0.39, 0.29) is 5.56 Å². The number of aromatic carboxylic acids is 1. The lowest BCUT2D eigenvalue weighted by atomic mass is 10.0. The summed E-state index contributed by atoms with van der Waals surface area (Å²) in [7, 11) is 0. The summed E-state index contributed by atoms with van der Waals surface area (Å²) in [4.78, 5) is 11.6. The topological polar surface area (TPSA) is 46.5 Å². The van der Waals surface area contributed by atoms with Gasteiger partial charge in [0.15, 0.2) is 0 Å². The van der Waals surface area contributed by atoms with E-state index in [0.29, 0.717) is 12.4 Å². The average Bonchev–Trinajstić information content (AvgIpc) is 2.72. The predicted octanol–water partition coefficient (Wildman–Crippen LogP) is 5.78. The average molecular weight is 354 g/mol. The van der Waals surface area contributed by atoms with Crippen LogP contribution in [0.25, 0.3) is 21.9 Å². The molecule has 0 aromatic heterocycles. The lowest BCUT2D eigenvalue weighted by Gasteiger charge is -2.13. The molecular formula is C24H18O3. The lowest BCUT2D eigenvalue weighted by Crippen LogP contribution is -2.04. The van der Waals surface area contributed by atoms with E-state index in [4.69, 9.17) is 4.74 Å². The number of hydrogen-bond acceptors (Lipinski definition) is 2. The molecule has 3 nitrogen and oxygen atoms in total. The first-order valence-electron chi connectivity index (χ1n) is 8.74. The summed E-state index contributed by atoms with van der Waals surface area (Å²) in [6, 6.07) is 29.2. The van der Waals surface area contributed by atoms with Gasteiger partial charge in [-0.25, -0.2) is 4.79 Å². The van der Waals surface area contributed by atoms with Crippen LogP contribution in [0.4, 0.5) is 0 Å². The van der Waals surface area contributed by atoms with Gasteiger partial charge in [-0.1, -0.05) is 78.9 Å². The Balaban J connectivity index is 1.68. The number of carbonyl (C=O) groups is 1. The molecule has 0 saturated heterocycles. The smallest absolute Gasteiger partial charge is 0.339 e. The molecule has 1 N–H and O–H groups in total.